The number of hydrogen-bond donors (Lipinski definition) is 0. The van der Waals surface area contributed by atoms with Crippen molar-refractivity contribution in [2.45, 2.75) is 25.7 Å². The van der Waals surface area contributed by atoms with E-state index in [9.17, 15) is 23.5 Å². The van der Waals surface area contributed by atoms with E-state index in [2.05, 4.69) is 0 Å². The van der Waals surface area contributed by atoms with Crippen molar-refractivity contribution in [2.75, 3.05) is 6.54 Å². The number of carbonyl (C=O) groups excluding carboxylic acids is 2. The number of halogens is 2. The molecule has 8 heteroatoms. The summed E-state index contributed by atoms with van der Waals surface area (Å²) in [6.45, 7) is 0.396. The Hall–Kier alpha value is -1.80. The molecule has 0 radical (unpaired) electrons. The molecule has 1 amide bonds. The van der Waals surface area contributed by atoms with Crippen LogP contribution < -0.4 is 5.11 Å². The van der Waals surface area contributed by atoms with Crippen LogP contribution in [0.25, 0.3) is 6.08 Å². The van der Waals surface area contributed by atoms with Crippen LogP contribution >= 0.6 is 24.0 Å². The molecule has 4 nitrogen and oxygen atoms in total. The lowest BCUT2D eigenvalue weighted by Crippen LogP contribution is -2.29. The first kappa shape index (κ1) is 18.5. The summed E-state index contributed by atoms with van der Waals surface area (Å²) in [7, 11) is 0. The van der Waals surface area contributed by atoms with Crippen molar-refractivity contribution < 1.29 is 23.5 Å². The van der Waals surface area contributed by atoms with Crippen LogP contribution in [0.15, 0.2) is 23.1 Å². The molecule has 2 rings (SSSR count). The van der Waals surface area contributed by atoms with Gasteiger partial charge in [-0.1, -0.05) is 36.5 Å². The topological polar surface area (TPSA) is 60.4 Å². The number of aliphatic carboxylic acids is 1. The molecule has 0 saturated carbocycles. The maximum absolute atomic E-state index is 13.2. The maximum atomic E-state index is 13.2. The lowest BCUT2D eigenvalue weighted by Gasteiger charge is -2.14. The molecule has 1 fully saturated rings. The van der Waals surface area contributed by atoms with Gasteiger partial charge in [-0.25, -0.2) is 8.78 Å². The van der Waals surface area contributed by atoms with Gasteiger partial charge >= 0.3 is 0 Å². The Balaban J connectivity index is 1.96. The first-order chi connectivity index (χ1) is 11.4. The SMILES string of the molecule is O=C([O-])CCCCCN1C(=O)/C(=C\c2ccc(F)c(F)c2)SC1=S. The second-order valence-electron chi connectivity index (χ2n) is 5.19. The van der Waals surface area contributed by atoms with Crippen LogP contribution in [0.3, 0.4) is 0 Å². The van der Waals surface area contributed by atoms with E-state index in [1.165, 1.54) is 17.0 Å². The highest BCUT2D eigenvalue weighted by molar-refractivity contribution is 8.26. The molecule has 0 bridgehead atoms. The molecule has 0 N–H and O–H groups in total. The molecule has 1 heterocycles. The Kier molecular flexibility index (Phi) is 6.44. The van der Waals surface area contributed by atoms with Gasteiger partial charge in [0.1, 0.15) is 4.32 Å². The predicted molar refractivity (Wildman–Crippen MR) is 89.7 cm³/mol. The van der Waals surface area contributed by atoms with Crippen LogP contribution in [-0.2, 0) is 9.59 Å². The first-order valence-corrected chi connectivity index (χ1v) is 8.51. The van der Waals surface area contributed by atoms with Crippen LogP contribution in [-0.4, -0.2) is 27.6 Å². The maximum Gasteiger partial charge on any atom is 0.266 e. The second kappa shape index (κ2) is 8.34. The van der Waals surface area contributed by atoms with E-state index in [1.54, 1.807) is 0 Å². The summed E-state index contributed by atoms with van der Waals surface area (Å²) in [5, 5.41) is 10.3. The van der Waals surface area contributed by atoms with Crippen LogP contribution in [0.4, 0.5) is 8.78 Å². The Morgan fingerprint density at radius 2 is 2.00 bits per heavy atom. The van der Waals surface area contributed by atoms with E-state index in [1.807, 2.05) is 0 Å². The zero-order valence-electron chi connectivity index (χ0n) is 12.6. The number of unbranched alkanes of at least 4 members (excludes halogenated alkanes) is 2. The highest BCUT2D eigenvalue weighted by Crippen LogP contribution is 2.32. The van der Waals surface area contributed by atoms with Crippen LogP contribution in [0.2, 0.25) is 0 Å². The zero-order valence-corrected chi connectivity index (χ0v) is 14.2. The van der Waals surface area contributed by atoms with Gasteiger partial charge in [-0.3, -0.25) is 9.69 Å². The summed E-state index contributed by atoms with van der Waals surface area (Å²) in [5.41, 5.74) is 0.378. The second-order valence-corrected chi connectivity index (χ2v) is 6.87. The molecule has 1 aromatic rings. The molecular weight excluding hydrogens is 356 g/mol. The number of hydrogen-bond acceptors (Lipinski definition) is 5. The molecule has 1 aliphatic heterocycles. The number of carboxylic acids is 1. The number of thioether (sulfide) groups is 1. The molecule has 24 heavy (non-hydrogen) atoms. The fourth-order valence-electron chi connectivity index (χ4n) is 2.16. The third-order valence-electron chi connectivity index (χ3n) is 3.38. The molecule has 0 atom stereocenters. The van der Waals surface area contributed by atoms with Gasteiger partial charge in [0, 0.05) is 12.5 Å². The van der Waals surface area contributed by atoms with Crippen LogP contribution in [0.5, 0.6) is 0 Å². The smallest absolute Gasteiger partial charge is 0.266 e. The quantitative estimate of drug-likeness (QED) is 0.419. The van der Waals surface area contributed by atoms with Gasteiger partial charge in [-0.2, -0.15) is 0 Å². The van der Waals surface area contributed by atoms with Crippen molar-refractivity contribution in [3.8, 4) is 0 Å². The lowest BCUT2D eigenvalue weighted by atomic mass is 10.2. The number of thiocarbonyl (C=S) groups is 1. The Morgan fingerprint density at radius 1 is 1.25 bits per heavy atom. The average molecular weight is 370 g/mol. The summed E-state index contributed by atoms with van der Waals surface area (Å²) >= 11 is 6.27. The molecule has 0 aliphatic carbocycles. The van der Waals surface area contributed by atoms with E-state index in [-0.39, 0.29) is 12.3 Å². The van der Waals surface area contributed by atoms with Crippen molar-refractivity contribution in [1.29, 1.82) is 0 Å². The largest absolute Gasteiger partial charge is 0.550 e. The third kappa shape index (κ3) is 4.85. The van der Waals surface area contributed by atoms with Gasteiger partial charge in [-0.05, 0) is 43.0 Å². The normalized spacial score (nSPS) is 16.2. The van der Waals surface area contributed by atoms with Gasteiger partial charge in [0.05, 0.1) is 4.91 Å². The number of nitrogens with zero attached hydrogens (tertiary/aromatic N) is 1. The van der Waals surface area contributed by atoms with Gasteiger partial charge in [0.2, 0.25) is 0 Å². The van der Waals surface area contributed by atoms with E-state index in [0.29, 0.717) is 40.6 Å². The van der Waals surface area contributed by atoms with E-state index in [4.69, 9.17) is 12.2 Å². The van der Waals surface area contributed by atoms with Gasteiger partial charge in [0.15, 0.2) is 11.6 Å². The summed E-state index contributed by atoms with van der Waals surface area (Å²) in [6, 6.07) is 3.39. The zero-order chi connectivity index (χ0) is 17.7. The van der Waals surface area contributed by atoms with Crippen molar-refractivity contribution in [2.24, 2.45) is 0 Å². The van der Waals surface area contributed by atoms with Crippen molar-refractivity contribution in [3.05, 3.63) is 40.3 Å². The number of rotatable bonds is 7. The first-order valence-electron chi connectivity index (χ1n) is 7.29. The van der Waals surface area contributed by atoms with Crippen LogP contribution in [0, 0.1) is 11.6 Å². The minimum Gasteiger partial charge on any atom is -0.550 e. The molecule has 0 spiro atoms. The fourth-order valence-corrected chi connectivity index (χ4v) is 3.47. The molecule has 1 aromatic carbocycles. The van der Waals surface area contributed by atoms with Crippen LogP contribution in [0.1, 0.15) is 31.2 Å². The van der Waals surface area contributed by atoms with Gasteiger partial charge < -0.3 is 9.90 Å². The van der Waals surface area contributed by atoms with Gasteiger partial charge in [-0.15, -0.1) is 0 Å². The highest BCUT2D eigenvalue weighted by atomic mass is 32.2. The van der Waals surface area contributed by atoms with E-state index in [0.717, 1.165) is 23.9 Å². The molecular formula is C16H14F2NO3S2-. The average Bonchev–Trinajstić information content (AvgIpc) is 2.77. The Morgan fingerprint density at radius 3 is 2.67 bits per heavy atom. The van der Waals surface area contributed by atoms with Crippen molar-refractivity contribution in [1.82, 2.24) is 4.90 Å². The minimum atomic E-state index is -1.09. The summed E-state index contributed by atoms with van der Waals surface area (Å²) in [4.78, 5) is 24.4. The number of carboxylic acid groups (broad SMARTS) is 1. The third-order valence-corrected chi connectivity index (χ3v) is 4.76. The van der Waals surface area contributed by atoms with Crippen molar-refractivity contribution >= 4 is 46.3 Å². The molecule has 128 valence electrons. The van der Waals surface area contributed by atoms with Gasteiger partial charge in [0.25, 0.3) is 5.91 Å². The number of amides is 1. The van der Waals surface area contributed by atoms with E-state index >= 15 is 0 Å². The molecule has 1 aliphatic rings. The number of carbonyl (C=O) groups is 2. The Labute approximate surface area is 147 Å². The molecule has 0 aromatic heterocycles. The monoisotopic (exact) mass is 370 g/mol. The standard InChI is InChI=1S/C16H15F2NO3S2/c17-11-6-5-10(8-12(11)18)9-13-15(22)19(16(23)24-13)7-3-1-2-4-14(20)21/h5-6,8-9H,1-4,7H2,(H,20,21)/p-1/b13-9+. The van der Waals surface area contributed by atoms with Crippen molar-refractivity contribution in [3.63, 3.8) is 0 Å². The molecule has 1 saturated heterocycles. The summed E-state index contributed by atoms with van der Waals surface area (Å²) < 4.78 is 26.5. The summed E-state index contributed by atoms with van der Waals surface area (Å²) in [6.07, 6.45) is 3.22. The highest BCUT2D eigenvalue weighted by Gasteiger charge is 2.31. The fraction of sp³-hybridized carbons (Fsp3) is 0.312. The molecule has 0 unspecified atom stereocenters. The lowest BCUT2D eigenvalue weighted by molar-refractivity contribution is -0.305. The predicted octanol–water partition coefficient (Wildman–Crippen LogP) is 2.48. The van der Waals surface area contributed by atoms with E-state index < -0.39 is 17.6 Å². The summed E-state index contributed by atoms with van der Waals surface area (Å²) in [5.74, 6) is -3.30. The minimum absolute atomic E-state index is 0.00553. The number of benzene rings is 1. The Bertz CT molecular complexity index is 707.